The third-order valence-electron chi connectivity index (χ3n) is 4.74. The average molecular weight is 268 g/mol. The minimum absolute atomic E-state index is 0.237. The number of hydrogen-bond acceptors (Lipinski definition) is 2. The van der Waals surface area contributed by atoms with Crippen molar-refractivity contribution < 1.29 is 8.78 Å². The number of nitrogens with zero attached hydrogens (tertiary/aromatic N) is 1. The first-order valence-corrected chi connectivity index (χ1v) is 7.01. The Bertz CT molecular complexity index is 446. The molecule has 4 heteroatoms. The van der Waals surface area contributed by atoms with Crippen LogP contribution in [-0.2, 0) is 0 Å². The van der Waals surface area contributed by atoms with Crippen LogP contribution < -0.4 is 10.6 Å². The summed E-state index contributed by atoms with van der Waals surface area (Å²) in [6.07, 6.45) is 4.29. The third-order valence-corrected chi connectivity index (χ3v) is 4.74. The summed E-state index contributed by atoms with van der Waals surface area (Å²) < 4.78 is 27.2. The van der Waals surface area contributed by atoms with Crippen LogP contribution in [0.2, 0.25) is 0 Å². The van der Waals surface area contributed by atoms with E-state index in [2.05, 4.69) is 13.8 Å². The van der Waals surface area contributed by atoms with E-state index in [4.69, 9.17) is 5.73 Å². The number of halogens is 2. The van der Waals surface area contributed by atoms with Crippen molar-refractivity contribution in [3.8, 4) is 0 Å². The molecule has 1 fully saturated rings. The van der Waals surface area contributed by atoms with Gasteiger partial charge in [0.05, 0.1) is 11.4 Å². The molecule has 0 amide bonds. The maximum atomic E-state index is 13.9. The molecule has 1 aromatic rings. The van der Waals surface area contributed by atoms with Gasteiger partial charge in [0.2, 0.25) is 0 Å². The molecule has 1 heterocycles. The van der Waals surface area contributed by atoms with Crippen molar-refractivity contribution >= 4 is 11.4 Å². The summed E-state index contributed by atoms with van der Waals surface area (Å²) in [7, 11) is 0. The fourth-order valence-corrected chi connectivity index (χ4v) is 3.04. The molecule has 0 atom stereocenters. The second-order valence-electron chi connectivity index (χ2n) is 5.49. The van der Waals surface area contributed by atoms with Crippen LogP contribution >= 0.6 is 0 Å². The zero-order chi connectivity index (χ0) is 14.0. The van der Waals surface area contributed by atoms with E-state index in [0.29, 0.717) is 11.1 Å². The molecule has 2 nitrogen and oxygen atoms in total. The van der Waals surface area contributed by atoms with Gasteiger partial charge in [0.25, 0.3) is 0 Å². The Labute approximate surface area is 113 Å². The fourth-order valence-electron chi connectivity index (χ4n) is 3.04. The Morgan fingerprint density at radius 3 is 2.26 bits per heavy atom. The van der Waals surface area contributed by atoms with Gasteiger partial charge in [-0.25, -0.2) is 8.78 Å². The van der Waals surface area contributed by atoms with E-state index in [0.717, 1.165) is 44.8 Å². The van der Waals surface area contributed by atoms with Gasteiger partial charge in [0.1, 0.15) is 0 Å². The van der Waals surface area contributed by atoms with E-state index < -0.39 is 11.6 Å². The van der Waals surface area contributed by atoms with Crippen molar-refractivity contribution in [2.45, 2.75) is 39.5 Å². The SMILES string of the molecule is CCC1(CC)CCN(c2c(N)ccc(F)c2F)CC1. The molecule has 1 aliphatic rings. The van der Waals surface area contributed by atoms with E-state index in [9.17, 15) is 8.78 Å². The van der Waals surface area contributed by atoms with E-state index in [1.165, 1.54) is 6.07 Å². The quantitative estimate of drug-likeness (QED) is 0.841. The van der Waals surface area contributed by atoms with Gasteiger partial charge in [-0.15, -0.1) is 0 Å². The molecule has 0 aromatic heterocycles. The number of piperidine rings is 1. The molecular formula is C15H22F2N2. The molecule has 2 N–H and O–H groups in total. The van der Waals surface area contributed by atoms with Crippen molar-refractivity contribution in [3.63, 3.8) is 0 Å². The van der Waals surface area contributed by atoms with E-state index in [1.807, 2.05) is 4.90 Å². The first-order valence-electron chi connectivity index (χ1n) is 7.01. The summed E-state index contributed by atoms with van der Waals surface area (Å²) in [6.45, 7) is 5.89. The molecule has 1 aromatic carbocycles. The van der Waals surface area contributed by atoms with Gasteiger partial charge < -0.3 is 10.6 Å². The van der Waals surface area contributed by atoms with Gasteiger partial charge in [0, 0.05) is 13.1 Å². The highest BCUT2D eigenvalue weighted by atomic mass is 19.2. The molecule has 2 rings (SSSR count). The molecule has 19 heavy (non-hydrogen) atoms. The fraction of sp³-hybridized carbons (Fsp3) is 0.600. The second kappa shape index (κ2) is 5.35. The smallest absolute Gasteiger partial charge is 0.184 e. The molecular weight excluding hydrogens is 246 g/mol. The first-order chi connectivity index (χ1) is 9.03. The van der Waals surface area contributed by atoms with Gasteiger partial charge >= 0.3 is 0 Å². The molecule has 1 saturated heterocycles. The molecule has 0 radical (unpaired) electrons. The summed E-state index contributed by atoms with van der Waals surface area (Å²) in [5.74, 6) is -1.65. The normalized spacial score (nSPS) is 18.6. The van der Waals surface area contributed by atoms with Gasteiger partial charge in [-0.1, -0.05) is 26.7 Å². The maximum Gasteiger partial charge on any atom is 0.184 e. The number of anilines is 2. The highest BCUT2D eigenvalue weighted by Crippen LogP contribution is 2.40. The summed E-state index contributed by atoms with van der Waals surface area (Å²) in [4.78, 5) is 1.89. The van der Waals surface area contributed by atoms with Crippen LogP contribution in [0.25, 0.3) is 0 Å². The Hall–Kier alpha value is -1.32. The van der Waals surface area contributed by atoms with E-state index >= 15 is 0 Å². The van der Waals surface area contributed by atoms with Gasteiger partial charge in [0.15, 0.2) is 11.6 Å². The molecule has 0 spiro atoms. The van der Waals surface area contributed by atoms with E-state index in [1.54, 1.807) is 0 Å². The molecule has 0 aliphatic carbocycles. The zero-order valence-electron chi connectivity index (χ0n) is 11.7. The van der Waals surface area contributed by atoms with Gasteiger partial charge in [-0.3, -0.25) is 0 Å². The number of hydrogen-bond donors (Lipinski definition) is 1. The minimum atomic E-state index is -0.827. The Morgan fingerprint density at radius 1 is 1.16 bits per heavy atom. The lowest BCUT2D eigenvalue weighted by Crippen LogP contribution is -2.40. The predicted molar refractivity (Wildman–Crippen MR) is 75.2 cm³/mol. The molecule has 0 saturated carbocycles. The number of benzene rings is 1. The monoisotopic (exact) mass is 268 g/mol. The Kier molecular flexibility index (Phi) is 3.97. The maximum absolute atomic E-state index is 13.9. The minimum Gasteiger partial charge on any atom is -0.397 e. The lowest BCUT2D eigenvalue weighted by atomic mass is 9.74. The van der Waals surface area contributed by atoms with Crippen molar-refractivity contribution in [1.29, 1.82) is 0 Å². The standard InChI is InChI=1S/C15H22F2N2/c1-3-15(4-2)7-9-19(10-8-15)14-12(18)6-5-11(16)13(14)17/h5-6H,3-4,7-10,18H2,1-2H3. The number of nitrogen functional groups attached to an aromatic ring is 1. The zero-order valence-corrected chi connectivity index (χ0v) is 11.7. The molecule has 0 unspecified atom stereocenters. The number of nitrogens with two attached hydrogens (primary N) is 1. The molecule has 0 bridgehead atoms. The number of rotatable bonds is 3. The lowest BCUT2D eigenvalue weighted by molar-refractivity contribution is 0.199. The first kappa shape index (κ1) is 14.1. The highest BCUT2D eigenvalue weighted by molar-refractivity contribution is 5.68. The molecule has 1 aliphatic heterocycles. The van der Waals surface area contributed by atoms with Crippen LogP contribution in [0.3, 0.4) is 0 Å². The van der Waals surface area contributed by atoms with Crippen LogP contribution in [0.15, 0.2) is 12.1 Å². The predicted octanol–water partition coefficient (Wildman–Crippen LogP) is 3.95. The van der Waals surface area contributed by atoms with Crippen molar-refractivity contribution in [3.05, 3.63) is 23.8 Å². The van der Waals surface area contributed by atoms with Crippen LogP contribution in [0.4, 0.5) is 20.2 Å². The van der Waals surface area contributed by atoms with Gasteiger partial charge in [-0.05, 0) is 30.4 Å². The average Bonchev–Trinajstić information content (AvgIpc) is 2.44. The highest BCUT2D eigenvalue weighted by Gasteiger charge is 2.32. The van der Waals surface area contributed by atoms with Crippen LogP contribution in [0.5, 0.6) is 0 Å². The van der Waals surface area contributed by atoms with Gasteiger partial charge in [-0.2, -0.15) is 0 Å². The van der Waals surface area contributed by atoms with Crippen molar-refractivity contribution in [2.75, 3.05) is 23.7 Å². The van der Waals surface area contributed by atoms with Crippen LogP contribution in [0.1, 0.15) is 39.5 Å². The largest absolute Gasteiger partial charge is 0.397 e. The summed E-state index contributed by atoms with van der Waals surface area (Å²) in [5, 5.41) is 0. The summed E-state index contributed by atoms with van der Waals surface area (Å²) in [6, 6.07) is 2.52. The topological polar surface area (TPSA) is 29.3 Å². The van der Waals surface area contributed by atoms with E-state index in [-0.39, 0.29) is 5.69 Å². The van der Waals surface area contributed by atoms with Crippen LogP contribution in [-0.4, -0.2) is 13.1 Å². The summed E-state index contributed by atoms with van der Waals surface area (Å²) >= 11 is 0. The van der Waals surface area contributed by atoms with Crippen LogP contribution in [0, 0.1) is 17.0 Å². The summed E-state index contributed by atoms with van der Waals surface area (Å²) in [5.41, 5.74) is 6.72. The third kappa shape index (κ3) is 2.53. The van der Waals surface area contributed by atoms with Crippen molar-refractivity contribution in [2.24, 2.45) is 5.41 Å². The Morgan fingerprint density at radius 2 is 1.74 bits per heavy atom. The van der Waals surface area contributed by atoms with Crippen molar-refractivity contribution in [1.82, 2.24) is 0 Å². The second-order valence-corrected chi connectivity index (χ2v) is 5.49. The molecule has 106 valence electrons. The lowest BCUT2D eigenvalue weighted by Gasteiger charge is -2.42. The Balaban J connectivity index is 2.21.